The van der Waals surface area contributed by atoms with E-state index in [9.17, 15) is 22.8 Å². The molecular weight excluding hydrogens is 365 g/mol. The Morgan fingerprint density at radius 1 is 0.963 bits per heavy atom. The summed E-state index contributed by atoms with van der Waals surface area (Å²) in [5, 5.41) is 2.84. The third-order valence-electron chi connectivity index (χ3n) is 5.46. The minimum Gasteiger partial charge on any atom is -0.378 e. The van der Waals surface area contributed by atoms with Gasteiger partial charge in [-0.3, -0.25) is 9.69 Å². The van der Waals surface area contributed by atoms with Crippen molar-refractivity contribution in [3.05, 3.63) is 0 Å². The van der Waals surface area contributed by atoms with E-state index in [1.165, 1.54) is 4.90 Å². The number of nitrogens with zero attached hydrogens (tertiary/aromatic N) is 3. The second kappa shape index (κ2) is 8.64. The van der Waals surface area contributed by atoms with Crippen LogP contribution in [0, 0.1) is 5.92 Å². The van der Waals surface area contributed by atoms with Crippen LogP contribution in [-0.4, -0.2) is 97.9 Å². The topological polar surface area (TPSA) is 65.1 Å². The van der Waals surface area contributed by atoms with E-state index in [-0.39, 0.29) is 30.4 Å². The monoisotopic (exact) mass is 392 g/mol. The molecule has 0 aliphatic carbocycles. The van der Waals surface area contributed by atoms with Crippen LogP contribution in [0.4, 0.5) is 18.0 Å². The zero-order valence-corrected chi connectivity index (χ0v) is 15.3. The molecule has 0 bridgehead atoms. The average Bonchev–Trinajstić information content (AvgIpc) is 3.07. The van der Waals surface area contributed by atoms with Crippen LogP contribution in [0.1, 0.15) is 19.3 Å². The van der Waals surface area contributed by atoms with Gasteiger partial charge < -0.3 is 19.9 Å². The molecule has 0 aromatic rings. The van der Waals surface area contributed by atoms with Crippen molar-refractivity contribution in [1.29, 1.82) is 0 Å². The highest BCUT2D eigenvalue weighted by Gasteiger charge is 2.36. The SMILES string of the molecule is O=C(NC1CCN(CC(F)(F)F)C1)N1CCC(C(=O)N2CCOCC2)CC1. The molecule has 0 spiro atoms. The highest BCUT2D eigenvalue weighted by molar-refractivity contribution is 5.80. The van der Waals surface area contributed by atoms with Crippen LogP contribution in [0.3, 0.4) is 0 Å². The highest BCUT2D eigenvalue weighted by atomic mass is 19.4. The molecular formula is C17H27F3N4O3. The molecule has 3 saturated heterocycles. The van der Waals surface area contributed by atoms with Gasteiger partial charge in [0, 0.05) is 51.2 Å². The number of urea groups is 1. The fraction of sp³-hybridized carbons (Fsp3) is 0.882. The van der Waals surface area contributed by atoms with Crippen LogP contribution in [0.2, 0.25) is 0 Å². The minimum atomic E-state index is -4.21. The molecule has 0 aromatic carbocycles. The fourth-order valence-corrected chi connectivity index (χ4v) is 3.98. The number of amides is 3. The lowest BCUT2D eigenvalue weighted by Gasteiger charge is -2.35. The molecule has 154 valence electrons. The number of halogens is 3. The van der Waals surface area contributed by atoms with Gasteiger partial charge in [0.25, 0.3) is 0 Å². The van der Waals surface area contributed by atoms with E-state index in [1.807, 2.05) is 4.90 Å². The van der Waals surface area contributed by atoms with E-state index < -0.39 is 12.7 Å². The van der Waals surface area contributed by atoms with Gasteiger partial charge in [-0.15, -0.1) is 0 Å². The van der Waals surface area contributed by atoms with E-state index in [0.717, 1.165) is 0 Å². The van der Waals surface area contributed by atoms with Crippen molar-refractivity contribution in [2.45, 2.75) is 31.5 Å². The molecule has 10 heteroatoms. The standard InChI is InChI=1S/C17H27F3N4O3/c18-17(19,20)12-22-4-3-14(11-22)21-16(26)24-5-1-13(2-6-24)15(25)23-7-9-27-10-8-23/h13-14H,1-12H2,(H,21,26). The van der Waals surface area contributed by atoms with Gasteiger partial charge >= 0.3 is 12.2 Å². The summed E-state index contributed by atoms with van der Waals surface area (Å²) in [7, 11) is 0. The number of ether oxygens (including phenoxy) is 1. The average molecular weight is 392 g/mol. The summed E-state index contributed by atoms with van der Waals surface area (Å²) in [6, 6.07) is -0.501. The second-order valence-corrected chi connectivity index (χ2v) is 7.48. The molecule has 3 aliphatic rings. The minimum absolute atomic E-state index is 0.0686. The van der Waals surface area contributed by atoms with E-state index >= 15 is 0 Å². The number of piperidine rings is 1. The Kier molecular flexibility index (Phi) is 6.46. The van der Waals surface area contributed by atoms with Crippen LogP contribution in [-0.2, 0) is 9.53 Å². The van der Waals surface area contributed by atoms with Crippen molar-refractivity contribution in [3.63, 3.8) is 0 Å². The van der Waals surface area contributed by atoms with Gasteiger partial charge in [0.1, 0.15) is 0 Å². The summed E-state index contributed by atoms with van der Waals surface area (Å²) in [6.45, 7) is 2.98. The number of rotatable bonds is 3. The lowest BCUT2D eigenvalue weighted by molar-refractivity contribution is -0.143. The van der Waals surface area contributed by atoms with Crippen LogP contribution >= 0.6 is 0 Å². The molecule has 1 atom stereocenters. The van der Waals surface area contributed by atoms with Gasteiger partial charge in [0.2, 0.25) is 5.91 Å². The summed E-state index contributed by atoms with van der Waals surface area (Å²) < 4.78 is 42.6. The van der Waals surface area contributed by atoms with Crippen molar-refractivity contribution in [3.8, 4) is 0 Å². The number of hydrogen-bond donors (Lipinski definition) is 1. The van der Waals surface area contributed by atoms with Crippen molar-refractivity contribution >= 4 is 11.9 Å². The normalized spacial score (nSPS) is 25.7. The highest BCUT2D eigenvalue weighted by Crippen LogP contribution is 2.22. The molecule has 3 heterocycles. The number of alkyl halides is 3. The van der Waals surface area contributed by atoms with Crippen LogP contribution in [0.25, 0.3) is 0 Å². The Labute approximate surface area is 156 Å². The predicted octanol–water partition coefficient (Wildman–Crippen LogP) is 0.903. The van der Waals surface area contributed by atoms with Crippen molar-refractivity contribution in [1.82, 2.24) is 20.0 Å². The number of nitrogens with one attached hydrogen (secondary N) is 1. The first-order valence-electron chi connectivity index (χ1n) is 9.53. The van der Waals surface area contributed by atoms with Gasteiger partial charge in [0.15, 0.2) is 0 Å². The summed E-state index contributed by atoms with van der Waals surface area (Å²) in [4.78, 5) is 29.7. The van der Waals surface area contributed by atoms with E-state index in [2.05, 4.69) is 5.32 Å². The molecule has 0 aromatic heterocycles. The Balaban J connectivity index is 1.39. The van der Waals surface area contributed by atoms with Gasteiger partial charge in [-0.05, 0) is 19.3 Å². The third kappa shape index (κ3) is 5.71. The summed E-state index contributed by atoms with van der Waals surface area (Å²) >= 11 is 0. The fourth-order valence-electron chi connectivity index (χ4n) is 3.98. The lowest BCUT2D eigenvalue weighted by atomic mass is 9.95. The van der Waals surface area contributed by atoms with E-state index in [0.29, 0.717) is 65.2 Å². The number of hydrogen-bond acceptors (Lipinski definition) is 4. The number of carbonyl (C=O) groups excluding carboxylic acids is 2. The quantitative estimate of drug-likeness (QED) is 0.775. The lowest BCUT2D eigenvalue weighted by Crippen LogP contribution is -2.51. The van der Waals surface area contributed by atoms with Crippen molar-refractivity contribution < 1.29 is 27.5 Å². The molecule has 0 radical (unpaired) electrons. The first-order chi connectivity index (χ1) is 12.8. The second-order valence-electron chi connectivity index (χ2n) is 7.48. The number of carbonyl (C=O) groups is 2. The maximum Gasteiger partial charge on any atom is 0.401 e. The Hall–Kier alpha value is -1.55. The maximum atomic E-state index is 12.5. The first-order valence-corrected chi connectivity index (χ1v) is 9.53. The van der Waals surface area contributed by atoms with Gasteiger partial charge in [-0.25, -0.2) is 4.79 Å². The van der Waals surface area contributed by atoms with Crippen LogP contribution in [0.15, 0.2) is 0 Å². The molecule has 0 saturated carbocycles. The molecule has 1 N–H and O–H groups in total. The Morgan fingerprint density at radius 3 is 2.26 bits per heavy atom. The Bertz CT molecular complexity index is 532. The molecule has 27 heavy (non-hydrogen) atoms. The summed E-state index contributed by atoms with van der Waals surface area (Å²) in [6.07, 6.45) is -2.45. The molecule has 1 unspecified atom stereocenters. The molecule has 3 fully saturated rings. The Morgan fingerprint density at radius 2 is 1.63 bits per heavy atom. The number of morpholine rings is 1. The maximum absolute atomic E-state index is 12.5. The zero-order valence-electron chi connectivity index (χ0n) is 15.3. The summed E-state index contributed by atoms with van der Waals surface area (Å²) in [5.74, 6) is 0.0675. The van der Waals surface area contributed by atoms with Crippen molar-refractivity contribution in [2.24, 2.45) is 5.92 Å². The predicted molar refractivity (Wildman–Crippen MR) is 91.1 cm³/mol. The number of likely N-dealkylation sites (tertiary alicyclic amines) is 2. The smallest absolute Gasteiger partial charge is 0.378 e. The third-order valence-corrected chi connectivity index (χ3v) is 5.46. The largest absolute Gasteiger partial charge is 0.401 e. The van der Waals surface area contributed by atoms with E-state index in [4.69, 9.17) is 4.74 Å². The summed E-state index contributed by atoms with van der Waals surface area (Å²) in [5.41, 5.74) is 0. The molecule has 3 amide bonds. The molecule has 3 aliphatic heterocycles. The van der Waals surface area contributed by atoms with Gasteiger partial charge in [0.05, 0.1) is 19.8 Å². The van der Waals surface area contributed by atoms with E-state index in [1.54, 1.807) is 4.90 Å². The zero-order chi connectivity index (χ0) is 19.4. The van der Waals surface area contributed by atoms with Crippen LogP contribution < -0.4 is 5.32 Å². The van der Waals surface area contributed by atoms with Gasteiger partial charge in [-0.1, -0.05) is 0 Å². The van der Waals surface area contributed by atoms with Crippen molar-refractivity contribution in [2.75, 3.05) is 59.0 Å². The molecule has 3 rings (SSSR count). The first kappa shape index (κ1) is 20.2. The molecule has 7 nitrogen and oxygen atoms in total. The van der Waals surface area contributed by atoms with Gasteiger partial charge in [-0.2, -0.15) is 13.2 Å². The van der Waals surface area contributed by atoms with Crippen LogP contribution in [0.5, 0.6) is 0 Å².